The van der Waals surface area contributed by atoms with Gasteiger partial charge >= 0.3 is 5.69 Å². The highest BCUT2D eigenvalue weighted by atomic mass is 16.6. The number of rotatable bonds is 3. The summed E-state index contributed by atoms with van der Waals surface area (Å²) in [6.45, 7) is 3.73. The molecule has 0 bridgehead atoms. The van der Waals surface area contributed by atoms with Crippen molar-refractivity contribution in [3.8, 4) is 0 Å². The normalized spacial score (nSPS) is 9.75. The Kier molecular flexibility index (Phi) is 2.20. The molecule has 0 saturated carbocycles. The molecule has 0 spiro atoms. The summed E-state index contributed by atoms with van der Waals surface area (Å²) < 4.78 is 0. The maximum atomic E-state index is 10.4. The molecular weight excluding hydrogens is 160 g/mol. The van der Waals surface area contributed by atoms with Crippen LogP contribution in [0, 0.1) is 10.1 Å². The number of aromatic amines is 1. The first kappa shape index (κ1) is 8.41. The molecule has 0 unspecified atom stereocenters. The molecule has 6 heteroatoms. The van der Waals surface area contributed by atoms with E-state index in [-0.39, 0.29) is 12.2 Å². The molecule has 0 aromatic carbocycles. The second kappa shape index (κ2) is 3.14. The zero-order chi connectivity index (χ0) is 9.14. The summed E-state index contributed by atoms with van der Waals surface area (Å²) in [5, 5.41) is 16.4. The van der Waals surface area contributed by atoms with Crippen LogP contribution in [-0.4, -0.2) is 21.7 Å². The smallest absolute Gasteiger partial charge is 0.314 e. The van der Waals surface area contributed by atoms with E-state index in [2.05, 4.69) is 16.8 Å². The minimum absolute atomic E-state index is 0.0922. The fourth-order valence-corrected chi connectivity index (χ4v) is 0.780. The number of hydrogen-bond acceptors (Lipinski definition) is 4. The monoisotopic (exact) mass is 168 g/mol. The van der Waals surface area contributed by atoms with Crippen molar-refractivity contribution < 1.29 is 4.92 Å². The number of H-pyrrole nitrogens is 1. The Morgan fingerprint density at radius 2 is 2.58 bits per heavy atom. The van der Waals surface area contributed by atoms with E-state index in [4.69, 9.17) is 5.73 Å². The first-order chi connectivity index (χ1) is 5.66. The lowest BCUT2D eigenvalue weighted by molar-refractivity contribution is -0.385. The Bertz CT molecular complexity index is 317. The third-order valence-corrected chi connectivity index (χ3v) is 1.42. The van der Waals surface area contributed by atoms with Gasteiger partial charge in [-0.2, -0.15) is 5.10 Å². The largest absolute Gasteiger partial charge is 0.326 e. The molecule has 3 N–H and O–H groups in total. The van der Waals surface area contributed by atoms with Crippen LogP contribution in [0.25, 0.3) is 5.57 Å². The van der Waals surface area contributed by atoms with Crippen molar-refractivity contribution in [3.63, 3.8) is 0 Å². The molecular formula is C6H8N4O2. The van der Waals surface area contributed by atoms with Crippen LogP contribution >= 0.6 is 0 Å². The van der Waals surface area contributed by atoms with Crippen molar-refractivity contribution in [2.75, 3.05) is 6.54 Å². The van der Waals surface area contributed by atoms with Crippen molar-refractivity contribution in [1.82, 2.24) is 10.2 Å². The van der Waals surface area contributed by atoms with Gasteiger partial charge in [-0.25, -0.2) is 0 Å². The van der Waals surface area contributed by atoms with Crippen molar-refractivity contribution in [2.45, 2.75) is 0 Å². The number of nitro groups is 1. The lowest BCUT2D eigenvalue weighted by Crippen LogP contribution is -2.03. The van der Waals surface area contributed by atoms with Gasteiger partial charge in [0.1, 0.15) is 11.9 Å². The Hall–Kier alpha value is -1.69. The molecule has 0 atom stereocenters. The summed E-state index contributed by atoms with van der Waals surface area (Å²) in [7, 11) is 0. The summed E-state index contributed by atoms with van der Waals surface area (Å²) in [6, 6.07) is 0. The van der Waals surface area contributed by atoms with Gasteiger partial charge in [0.15, 0.2) is 0 Å². The van der Waals surface area contributed by atoms with Crippen LogP contribution in [0.15, 0.2) is 12.8 Å². The third kappa shape index (κ3) is 1.32. The fourth-order valence-electron chi connectivity index (χ4n) is 0.780. The van der Waals surface area contributed by atoms with Gasteiger partial charge in [-0.3, -0.25) is 15.2 Å². The molecule has 1 rings (SSSR count). The van der Waals surface area contributed by atoms with Gasteiger partial charge in [0.25, 0.3) is 0 Å². The number of nitrogens with two attached hydrogens (primary N) is 1. The van der Waals surface area contributed by atoms with E-state index in [0.717, 1.165) is 6.20 Å². The van der Waals surface area contributed by atoms with Crippen LogP contribution in [0.4, 0.5) is 5.69 Å². The summed E-state index contributed by atoms with van der Waals surface area (Å²) in [5.41, 5.74) is 5.94. The summed E-state index contributed by atoms with van der Waals surface area (Å²) in [6.07, 6.45) is 1.14. The summed E-state index contributed by atoms with van der Waals surface area (Å²) in [4.78, 5) is 9.84. The molecule has 0 amide bonds. The molecule has 0 aliphatic heterocycles. The van der Waals surface area contributed by atoms with Crippen molar-refractivity contribution in [1.29, 1.82) is 0 Å². The molecule has 0 aliphatic carbocycles. The first-order valence-electron chi connectivity index (χ1n) is 3.22. The molecule has 1 heterocycles. The van der Waals surface area contributed by atoms with Gasteiger partial charge < -0.3 is 5.73 Å². The SMILES string of the molecule is C=C(CN)c1[nH]ncc1[N+](=O)[O-]. The molecule has 1 aromatic heterocycles. The Balaban J connectivity index is 3.07. The van der Waals surface area contributed by atoms with Gasteiger partial charge in [-0.15, -0.1) is 0 Å². The van der Waals surface area contributed by atoms with Crippen molar-refractivity contribution in [2.24, 2.45) is 5.73 Å². The van der Waals surface area contributed by atoms with Gasteiger partial charge in [0.2, 0.25) is 0 Å². The first-order valence-corrected chi connectivity index (χ1v) is 3.22. The van der Waals surface area contributed by atoms with Crippen LogP contribution in [-0.2, 0) is 0 Å². The number of nitrogens with zero attached hydrogens (tertiary/aromatic N) is 2. The summed E-state index contributed by atoms with van der Waals surface area (Å²) >= 11 is 0. The van der Waals surface area contributed by atoms with Gasteiger partial charge in [0.05, 0.1) is 4.92 Å². The highest BCUT2D eigenvalue weighted by molar-refractivity contribution is 5.68. The second-order valence-corrected chi connectivity index (χ2v) is 2.20. The highest BCUT2D eigenvalue weighted by Crippen LogP contribution is 2.20. The third-order valence-electron chi connectivity index (χ3n) is 1.42. The van der Waals surface area contributed by atoms with Crippen LogP contribution in [0.2, 0.25) is 0 Å². The standard InChI is InChI=1S/C6H8N4O2/c1-4(2-7)6-5(10(11)12)3-8-9-6/h3H,1-2,7H2,(H,8,9). The quantitative estimate of drug-likeness (QED) is 0.500. The van der Waals surface area contributed by atoms with E-state index in [1.807, 2.05) is 0 Å². The fraction of sp³-hybridized carbons (Fsp3) is 0.167. The lowest BCUT2D eigenvalue weighted by Gasteiger charge is -1.96. The van der Waals surface area contributed by atoms with Crippen LogP contribution in [0.3, 0.4) is 0 Å². The van der Waals surface area contributed by atoms with Gasteiger partial charge in [-0.05, 0) is 5.57 Å². The number of hydrogen-bond donors (Lipinski definition) is 2. The highest BCUT2D eigenvalue weighted by Gasteiger charge is 2.16. The Morgan fingerprint density at radius 3 is 3.08 bits per heavy atom. The predicted octanol–water partition coefficient (Wildman–Crippen LogP) is 0.290. The Morgan fingerprint density at radius 1 is 1.92 bits per heavy atom. The molecule has 0 saturated heterocycles. The van der Waals surface area contributed by atoms with E-state index in [9.17, 15) is 10.1 Å². The predicted molar refractivity (Wildman–Crippen MR) is 43.3 cm³/mol. The van der Waals surface area contributed by atoms with Gasteiger partial charge in [0, 0.05) is 6.54 Å². The maximum Gasteiger partial charge on any atom is 0.314 e. The molecule has 0 fully saturated rings. The molecule has 0 radical (unpaired) electrons. The lowest BCUT2D eigenvalue weighted by atomic mass is 10.2. The average molecular weight is 168 g/mol. The zero-order valence-corrected chi connectivity index (χ0v) is 6.28. The topological polar surface area (TPSA) is 97.8 Å². The van der Waals surface area contributed by atoms with E-state index < -0.39 is 4.92 Å². The van der Waals surface area contributed by atoms with Crippen molar-refractivity contribution >= 4 is 11.3 Å². The molecule has 12 heavy (non-hydrogen) atoms. The zero-order valence-electron chi connectivity index (χ0n) is 6.28. The molecule has 64 valence electrons. The summed E-state index contributed by atoms with van der Waals surface area (Å²) in [5.74, 6) is 0. The average Bonchev–Trinajstić information content (AvgIpc) is 2.50. The molecule has 6 nitrogen and oxygen atoms in total. The Labute approximate surface area is 68.2 Å². The van der Waals surface area contributed by atoms with Crippen LogP contribution in [0.1, 0.15) is 5.69 Å². The number of nitrogens with one attached hydrogen (secondary N) is 1. The molecule has 1 aromatic rings. The van der Waals surface area contributed by atoms with E-state index in [0.29, 0.717) is 11.3 Å². The van der Waals surface area contributed by atoms with E-state index in [1.54, 1.807) is 0 Å². The maximum absolute atomic E-state index is 10.4. The van der Waals surface area contributed by atoms with E-state index in [1.165, 1.54) is 0 Å². The van der Waals surface area contributed by atoms with Crippen LogP contribution < -0.4 is 5.73 Å². The molecule has 0 aliphatic rings. The second-order valence-electron chi connectivity index (χ2n) is 2.20. The van der Waals surface area contributed by atoms with Crippen LogP contribution in [0.5, 0.6) is 0 Å². The van der Waals surface area contributed by atoms with Crippen molar-refractivity contribution in [3.05, 3.63) is 28.6 Å². The minimum atomic E-state index is -0.528. The minimum Gasteiger partial charge on any atom is -0.326 e. The van der Waals surface area contributed by atoms with Gasteiger partial charge in [-0.1, -0.05) is 6.58 Å². The van der Waals surface area contributed by atoms with E-state index >= 15 is 0 Å². The number of aromatic nitrogens is 2.